The highest BCUT2D eigenvalue weighted by atomic mass is 32.2. The van der Waals surface area contributed by atoms with E-state index in [-0.39, 0.29) is 5.91 Å². The zero-order valence-corrected chi connectivity index (χ0v) is 18.6. The first kappa shape index (κ1) is 22.3. The summed E-state index contributed by atoms with van der Waals surface area (Å²) >= 11 is 0. The Balaban J connectivity index is 1.35. The van der Waals surface area contributed by atoms with Crippen molar-refractivity contribution in [1.82, 2.24) is 19.5 Å². The molecule has 168 valence electrons. The first-order valence-electron chi connectivity index (χ1n) is 10.5. The molecule has 1 aromatic heterocycles. The van der Waals surface area contributed by atoms with Gasteiger partial charge in [-0.05, 0) is 30.7 Å². The second-order valence-corrected chi connectivity index (χ2v) is 9.55. The summed E-state index contributed by atoms with van der Waals surface area (Å²) in [6.45, 7) is 4.52. The van der Waals surface area contributed by atoms with Gasteiger partial charge in [0.15, 0.2) is 0 Å². The third-order valence-corrected chi connectivity index (χ3v) is 7.20. The number of aromatic nitrogens is 1. The molecule has 1 atom stereocenters. The lowest BCUT2D eigenvalue weighted by atomic mass is 10.1. The molecule has 4 rings (SSSR count). The highest BCUT2D eigenvalue weighted by Crippen LogP contribution is 2.19. The minimum absolute atomic E-state index is 0.323. The number of benzene rings is 2. The van der Waals surface area contributed by atoms with Gasteiger partial charge in [-0.25, -0.2) is 12.8 Å². The number of fused-ring (bicyclic) bond motifs is 1. The number of carbonyl (C=O) groups excluding carboxylic acids is 1. The van der Waals surface area contributed by atoms with E-state index in [2.05, 4.69) is 20.7 Å². The Morgan fingerprint density at radius 3 is 2.53 bits per heavy atom. The van der Waals surface area contributed by atoms with E-state index in [1.165, 1.54) is 25.1 Å². The normalized spacial score (nSPS) is 16.2. The molecule has 0 aliphatic carbocycles. The third kappa shape index (κ3) is 4.79. The Bertz CT molecular complexity index is 1220. The number of hydrogen-bond acceptors (Lipinski definition) is 5. The molecule has 1 fully saturated rings. The second kappa shape index (κ2) is 9.32. The molecule has 0 bridgehead atoms. The van der Waals surface area contributed by atoms with Crippen molar-refractivity contribution in [1.29, 1.82) is 0 Å². The maximum absolute atomic E-state index is 13.9. The number of piperazine rings is 1. The molecule has 0 saturated carbocycles. The maximum Gasteiger partial charge on any atom is 0.244 e. The minimum atomic E-state index is -4.14. The Hall–Kier alpha value is -2.88. The number of pyridine rings is 1. The number of halogens is 1. The van der Waals surface area contributed by atoms with Crippen LogP contribution in [0, 0.1) is 5.82 Å². The van der Waals surface area contributed by atoms with Gasteiger partial charge in [0.05, 0.1) is 11.6 Å². The van der Waals surface area contributed by atoms with Crippen molar-refractivity contribution in [2.24, 2.45) is 0 Å². The van der Waals surface area contributed by atoms with E-state index in [4.69, 9.17) is 0 Å². The van der Waals surface area contributed by atoms with Gasteiger partial charge < -0.3 is 4.90 Å². The molecule has 1 aliphatic rings. The van der Waals surface area contributed by atoms with E-state index < -0.39 is 26.8 Å². The zero-order chi connectivity index (χ0) is 22.7. The third-order valence-electron chi connectivity index (χ3n) is 5.62. The number of carbonyl (C=O) groups is 1. The van der Waals surface area contributed by atoms with Gasteiger partial charge in [0.1, 0.15) is 10.7 Å². The first-order valence-corrected chi connectivity index (χ1v) is 11.9. The van der Waals surface area contributed by atoms with Crippen LogP contribution in [0.15, 0.2) is 65.7 Å². The van der Waals surface area contributed by atoms with Gasteiger partial charge in [0.25, 0.3) is 0 Å². The summed E-state index contributed by atoms with van der Waals surface area (Å²) in [5, 5.41) is 1.09. The van der Waals surface area contributed by atoms with Gasteiger partial charge in [-0.2, -0.15) is 4.72 Å². The quantitative estimate of drug-likeness (QED) is 0.616. The number of nitrogens with one attached hydrogen (secondary N) is 1. The van der Waals surface area contributed by atoms with Crippen molar-refractivity contribution in [3.8, 4) is 0 Å². The Kier molecular flexibility index (Phi) is 6.50. The van der Waals surface area contributed by atoms with Crippen LogP contribution in [0.25, 0.3) is 10.9 Å². The van der Waals surface area contributed by atoms with Gasteiger partial charge >= 0.3 is 0 Å². The van der Waals surface area contributed by atoms with Crippen molar-refractivity contribution in [2.75, 3.05) is 26.2 Å². The topological polar surface area (TPSA) is 82.6 Å². The van der Waals surface area contributed by atoms with Crippen molar-refractivity contribution in [2.45, 2.75) is 24.4 Å². The van der Waals surface area contributed by atoms with Crippen LogP contribution >= 0.6 is 0 Å². The highest BCUT2D eigenvalue weighted by Gasteiger charge is 2.29. The Morgan fingerprint density at radius 2 is 1.78 bits per heavy atom. The van der Waals surface area contributed by atoms with Crippen molar-refractivity contribution in [3.05, 3.63) is 72.2 Å². The van der Waals surface area contributed by atoms with E-state index >= 15 is 0 Å². The van der Waals surface area contributed by atoms with Crippen molar-refractivity contribution in [3.63, 3.8) is 0 Å². The highest BCUT2D eigenvalue weighted by molar-refractivity contribution is 7.89. The number of rotatable bonds is 6. The molecule has 1 aliphatic heterocycles. The van der Waals surface area contributed by atoms with E-state index in [0.717, 1.165) is 29.1 Å². The predicted molar refractivity (Wildman–Crippen MR) is 120 cm³/mol. The second-order valence-electron chi connectivity index (χ2n) is 7.87. The molecule has 2 heterocycles. The van der Waals surface area contributed by atoms with Gasteiger partial charge in [-0.1, -0.05) is 36.4 Å². The van der Waals surface area contributed by atoms with Crippen LogP contribution in [0.3, 0.4) is 0 Å². The van der Waals surface area contributed by atoms with Gasteiger partial charge in [0.2, 0.25) is 15.9 Å². The SMILES string of the molecule is C[C@H](NS(=O)(=O)c1ccccc1F)C(=O)N1CCN(Cc2cccc3cccnc23)CC1. The molecular formula is C23H25FN4O3S. The number of sulfonamides is 1. The molecule has 1 saturated heterocycles. The minimum Gasteiger partial charge on any atom is -0.339 e. The number of hydrogen-bond donors (Lipinski definition) is 1. The smallest absolute Gasteiger partial charge is 0.244 e. The molecule has 7 nitrogen and oxygen atoms in total. The lowest BCUT2D eigenvalue weighted by Gasteiger charge is -2.36. The predicted octanol–water partition coefficient (Wildman–Crippen LogP) is 2.39. The lowest BCUT2D eigenvalue weighted by molar-refractivity contribution is -0.134. The van der Waals surface area contributed by atoms with Crippen LogP contribution < -0.4 is 4.72 Å². The Morgan fingerprint density at radius 1 is 1.06 bits per heavy atom. The van der Waals surface area contributed by atoms with Crippen LogP contribution in [-0.2, 0) is 21.4 Å². The summed E-state index contributed by atoms with van der Waals surface area (Å²) in [5.41, 5.74) is 2.11. The van der Waals surface area contributed by atoms with Gasteiger partial charge in [0, 0.05) is 44.3 Å². The molecule has 1 amide bonds. The largest absolute Gasteiger partial charge is 0.339 e. The van der Waals surface area contributed by atoms with Crippen LogP contribution in [0.1, 0.15) is 12.5 Å². The van der Waals surface area contributed by atoms with Crippen LogP contribution in [0.2, 0.25) is 0 Å². The van der Waals surface area contributed by atoms with Crippen LogP contribution in [0.5, 0.6) is 0 Å². The zero-order valence-electron chi connectivity index (χ0n) is 17.7. The van der Waals surface area contributed by atoms with Crippen molar-refractivity contribution < 1.29 is 17.6 Å². The average Bonchev–Trinajstić information content (AvgIpc) is 2.79. The monoisotopic (exact) mass is 456 g/mol. The molecule has 0 unspecified atom stereocenters. The summed E-state index contributed by atoms with van der Waals surface area (Å²) in [6, 6.07) is 14.2. The van der Waals surface area contributed by atoms with E-state index in [1.54, 1.807) is 11.1 Å². The fourth-order valence-corrected chi connectivity index (χ4v) is 5.22. The number of nitrogens with zero attached hydrogens (tertiary/aromatic N) is 3. The fraction of sp³-hybridized carbons (Fsp3) is 0.304. The van der Waals surface area contributed by atoms with Crippen molar-refractivity contribution >= 4 is 26.8 Å². The molecule has 9 heteroatoms. The lowest BCUT2D eigenvalue weighted by Crippen LogP contribution is -2.53. The molecule has 0 spiro atoms. The van der Waals surface area contributed by atoms with Crippen LogP contribution in [0.4, 0.5) is 4.39 Å². The number of amides is 1. The van der Waals surface area contributed by atoms with Crippen LogP contribution in [-0.4, -0.2) is 61.3 Å². The van der Waals surface area contributed by atoms with Gasteiger partial charge in [-0.3, -0.25) is 14.7 Å². The molecule has 1 N–H and O–H groups in total. The summed E-state index contributed by atoms with van der Waals surface area (Å²) in [6.07, 6.45) is 1.78. The molecule has 32 heavy (non-hydrogen) atoms. The fourth-order valence-electron chi connectivity index (χ4n) is 3.95. The first-order chi connectivity index (χ1) is 15.3. The standard InChI is InChI=1S/C23H25FN4O3S/c1-17(26-32(30,31)21-10-3-2-9-20(21)24)23(29)28-14-12-27(13-15-28)16-19-7-4-6-18-8-5-11-25-22(18)19/h2-11,17,26H,12-16H2,1H3/t17-/m0/s1. The molecule has 0 radical (unpaired) electrons. The van der Waals surface area contributed by atoms with E-state index in [1.807, 2.05) is 24.3 Å². The summed E-state index contributed by atoms with van der Waals surface area (Å²) in [5.74, 6) is -1.17. The average molecular weight is 457 g/mol. The van der Waals surface area contributed by atoms with Gasteiger partial charge in [-0.15, -0.1) is 0 Å². The van der Waals surface area contributed by atoms with E-state index in [9.17, 15) is 17.6 Å². The Labute approximate surface area is 186 Å². The molecule has 2 aromatic carbocycles. The molecule has 3 aromatic rings. The summed E-state index contributed by atoms with van der Waals surface area (Å²) in [7, 11) is -4.14. The molecular weight excluding hydrogens is 431 g/mol. The maximum atomic E-state index is 13.9. The summed E-state index contributed by atoms with van der Waals surface area (Å²) < 4.78 is 41.1. The summed E-state index contributed by atoms with van der Waals surface area (Å²) in [4.78, 5) is 20.7. The van der Waals surface area contributed by atoms with E-state index in [0.29, 0.717) is 26.2 Å². The number of para-hydroxylation sites is 1.